The summed E-state index contributed by atoms with van der Waals surface area (Å²) in [4.78, 5) is 4.32. The summed E-state index contributed by atoms with van der Waals surface area (Å²) in [5, 5.41) is 4.67. The third-order valence-electron chi connectivity index (χ3n) is 3.49. The molecule has 0 amide bonds. The van der Waals surface area contributed by atoms with Crippen LogP contribution < -0.4 is 5.32 Å². The normalized spacial score (nSPS) is 11.1. The maximum Gasteiger partial charge on any atom is 0.134 e. The molecule has 3 aromatic rings. The van der Waals surface area contributed by atoms with Crippen molar-refractivity contribution in [1.82, 2.24) is 10.3 Å². The molecule has 3 heteroatoms. The van der Waals surface area contributed by atoms with Crippen molar-refractivity contribution in [3.8, 4) is 0 Å². The van der Waals surface area contributed by atoms with E-state index in [9.17, 15) is 0 Å². The van der Waals surface area contributed by atoms with Crippen LogP contribution >= 0.6 is 0 Å². The molecule has 3 nitrogen and oxygen atoms in total. The van der Waals surface area contributed by atoms with E-state index in [-0.39, 0.29) is 0 Å². The van der Waals surface area contributed by atoms with Crippen LogP contribution in [0.2, 0.25) is 0 Å². The summed E-state index contributed by atoms with van der Waals surface area (Å²) in [5.41, 5.74) is 3.34. The molecule has 0 spiro atoms. The lowest BCUT2D eigenvalue weighted by Gasteiger charge is -2.04. The molecular formula is C17H18N2O. The number of rotatable bonds is 5. The van der Waals surface area contributed by atoms with Crippen molar-refractivity contribution in [1.29, 1.82) is 0 Å². The van der Waals surface area contributed by atoms with Gasteiger partial charge in [0, 0.05) is 42.4 Å². The minimum atomic E-state index is 0.829. The Morgan fingerprint density at radius 3 is 2.80 bits per heavy atom. The molecule has 1 N–H and O–H groups in total. The summed E-state index contributed by atoms with van der Waals surface area (Å²) < 4.78 is 5.76. The summed E-state index contributed by atoms with van der Waals surface area (Å²) in [6.07, 6.45) is 2.78. The molecule has 2 aromatic heterocycles. The Balaban J connectivity index is 1.61. The Bertz CT molecular complexity index is 689. The Hall–Kier alpha value is -2.13. The minimum absolute atomic E-state index is 0.829. The van der Waals surface area contributed by atoms with Gasteiger partial charge in [-0.3, -0.25) is 4.98 Å². The quantitative estimate of drug-likeness (QED) is 0.719. The Kier molecular flexibility index (Phi) is 3.79. The topological polar surface area (TPSA) is 38.1 Å². The molecule has 0 saturated carbocycles. The van der Waals surface area contributed by atoms with E-state index in [1.54, 1.807) is 0 Å². The first kappa shape index (κ1) is 12.9. The molecular weight excluding hydrogens is 248 g/mol. The summed E-state index contributed by atoms with van der Waals surface area (Å²) >= 11 is 0. The van der Waals surface area contributed by atoms with Gasteiger partial charge in [-0.05, 0) is 25.1 Å². The molecule has 1 aromatic carbocycles. The number of benzene rings is 1. The molecule has 0 aliphatic rings. The average molecular weight is 266 g/mol. The first-order valence-electron chi connectivity index (χ1n) is 6.92. The van der Waals surface area contributed by atoms with Gasteiger partial charge in [0.15, 0.2) is 0 Å². The van der Waals surface area contributed by atoms with Gasteiger partial charge >= 0.3 is 0 Å². The van der Waals surface area contributed by atoms with Crippen molar-refractivity contribution >= 4 is 11.0 Å². The second-order valence-corrected chi connectivity index (χ2v) is 4.88. The highest BCUT2D eigenvalue weighted by atomic mass is 16.3. The molecule has 0 radical (unpaired) electrons. The van der Waals surface area contributed by atoms with E-state index >= 15 is 0 Å². The molecule has 0 aliphatic heterocycles. The number of aromatic nitrogens is 1. The number of para-hydroxylation sites is 1. The van der Waals surface area contributed by atoms with Crippen molar-refractivity contribution in [2.45, 2.75) is 19.9 Å². The number of nitrogens with one attached hydrogen (secondary N) is 1. The Labute approximate surface area is 118 Å². The molecule has 0 saturated heterocycles. The third-order valence-corrected chi connectivity index (χ3v) is 3.49. The molecule has 102 valence electrons. The number of nitrogens with zero attached hydrogens (tertiary/aromatic N) is 1. The van der Waals surface area contributed by atoms with Gasteiger partial charge in [-0.25, -0.2) is 0 Å². The van der Waals surface area contributed by atoms with Crippen molar-refractivity contribution in [2.75, 3.05) is 6.54 Å². The smallest absolute Gasteiger partial charge is 0.134 e. The average Bonchev–Trinajstić information content (AvgIpc) is 2.80. The molecule has 2 heterocycles. The number of pyridine rings is 1. The van der Waals surface area contributed by atoms with Crippen LogP contribution in [0.15, 0.2) is 53.1 Å². The first-order valence-corrected chi connectivity index (χ1v) is 6.92. The maximum atomic E-state index is 5.76. The fourth-order valence-electron chi connectivity index (χ4n) is 2.42. The lowest BCUT2D eigenvalue weighted by Crippen LogP contribution is -2.17. The molecule has 0 atom stereocenters. The van der Waals surface area contributed by atoms with Gasteiger partial charge in [-0.15, -0.1) is 0 Å². The number of fused-ring (bicyclic) bond motifs is 1. The molecule has 0 fully saturated rings. The van der Waals surface area contributed by atoms with E-state index in [4.69, 9.17) is 4.42 Å². The maximum absolute atomic E-state index is 5.76. The van der Waals surface area contributed by atoms with Crippen molar-refractivity contribution in [3.05, 3.63) is 65.7 Å². The van der Waals surface area contributed by atoms with Crippen LogP contribution in [0.25, 0.3) is 11.0 Å². The number of hydrogen-bond acceptors (Lipinski definition) is 3. The fourth-order valence-corrected chi connectivity index (χ4v) is 2.42. The van der Waals surface area contributed by atoms with E-state index in [2.05, 4.69) is 28.5 Å². The van der Waals surface area contributed by atoms with E-state index < -0.39 is 0 Å². The van der Waals surface area contributed by atoms with Gasteiger partial charge in [-0.2, -0.15) is 0 Å². The van der Waals surface area contributed by atoms with Crippen LogP contribution in [0.3, 0.4) is 0 Å². The zero-order valence-electron chi connectivity index (χ0n) is 11.6. The van der Waals surface area contributed by atoms with E-state index in [0.29, 0.717) is 0 Å². The fraction of sp³-hybridized carbons (Fsp3) is 0.235. The lowest BCUT2D eigenvalue weighted by molar-refractivity contribution is 0.565. The summed E-state index contributed by atoms with van der Waals surface area (Å²) in [5.74, 6) is 0.997. The van der Waals surface area contributed by atoms with Crippen LogP contribution in [0.1, 0.15) is 17.0 Å². The predicted octanol–water partition coefficient (Wildman–Crippen LogP) is 3.47. The lowest BCUT2D eigenvalue weighted by atomic mass is 10.1. The highest BCUT2D eigenvalue weighted by Gasteiger charge is 2.09. The Morgan fingerprint density at radius 1 is 1.10 bits per heavy atom. The summed E-state index contributed by atoms with van der Waals surface area (Å²) in [6.45, 7) is 3.77. The second-order valence-electron chi connectivity index (χ2n) is 4.88. The molecule has 3 rings (SSSR count). The van der Waals surface area contributed by atoms with Gasteiger partial charge in [0.2, 0.25) is 0 Å². The molecule has 0 unspecified atom stereocenters. The van der Waals surface area contributed by atoms with E-state index in [1.165, 1.54) is 10.9 Å². The van der Waals surface area contributed by atoms with Crippen molar-refractivity contribution < 1.29 is 4.42 Å². The monoisotopic (exact) mass is 266 g/mol. The predicted molar refractivity (Wildman–Crippen MR) is 80.6 cm³/mol. The van der Waals surface area contributed by atoms with E-state index in [1.807, 2.05) is 37.4 Å². The second kappa shape index (κ2) is 5.88. The van der Waals surface area contributed by atoms with Crippen LogP contribution in [0.5, 0.6) is 0 Å². The van der Waals surface area contributed by atoms with Crippen LogP contribution in [0, 0.1) is 6.92 Å². The van der Waals surface area contributed by atoms with Crippen LogP contribution in [0.4, 0.5) is 0 Å². The van der Waals surface area contributed by atoms with Gasteiger partial charge in [0.1, 0.15) is 11.3 Å². The number of hydrogen-bond donors (Lipinski definition) is 1. The van der Waals surface area contributed by atoms with Crippen LogP contribution in [-0.4, -0.2) is 11.5 Å². The Morgan fingerprint density at radius 2 is 1.95 bits per heavy atom. The summed E-state index contributed by atoms with van der Waals surface area (Å²) in [7, 11) is 0. The van der Waals surface area contributed by atoms with Gasteiger partial charge in [-0.1, -0.05) is 24.3 Å². The number of furan rings is 1. The zero-order valence-corrected chi connectivity index (χ0v) is 11.6. The zero-order chi connectivity index (χ0) is 13.8. The van der Waals surface area contributed by atoms with Crippen molar-refractivity contribution in [2.24, 2.45) is 0 Å². The molecule has 0 aliphatic carbocycles. The van der Waals surface area contributed by atoms with Gasteiger partial charge in [0.05, 0.1) is 0 Å². The molecule has 0 bridgehead atoms. The standard InChI is InChI=1S/C17H18N2O/c1-13-16(15-7-2-3-8-17(15)20-13)12-18-11-9-14-6-4-5-10-19-14/h2-8,10,18H,9,11-12H2,1H3. The summed E-state index contributed by atoms with van der Waals surface area (Å²) in [6, 6.07) is 14.2. The van der Waals surface area contributed by atoms with Crippen LogP contribution in [-0.2, 0) is 13.0 Å². The third kappa shape index (κ3) is 2.73. The van der Waals surface area contributed by atoms with E-state index in [0.717, 1.165) is 36.5 Å². The highest BCUT2D eigenvalue weighted by Crippen LogP contribution is 2.24. The SMILES string of the molecule is Cc1oc2ccccc2c1CNCCc1ccccn1. The first-order chi connectivity index (χ1) is 9.84. The molecule has 20 heavy (non-hydrogen) atoms. The largest absolute Gasteiger partial charge is 0.461 e. The number of aryl methyl sites for hydroxylation is 1. The highest BCUT2D eigenvalue weighted by molar-refractivity contribution is 5.82. The van der Waals surface area contributed by atoms with Gasteiger partial charge < -0.3 is 9.73 Å². The van der Waals surface area contributed by atoms with Crippen molar-refractivity contribution in [3.63, 3.8) is 0 Å². The minimum Gasteiger partial charge on any atom is -0.461 e. The van der Waals surface area contributed by atoms with Gasteiger partial charge in [0.25, 0.3) is 0 Å².